The van der Waals surface area contributed by atoms with Crippen LogP contribution in [0.15, 0.2) is 36.5 Å². The van der Waals surface area contributed by atoms with Gasteiger partial charge in [0.1, 0.15) is 5.82 Å². The minimum Gasteiger partial charge on any atom is -0.463 e. The number of carbonyl (C=O) groups excluding carboxylic acids is 1. The molecule has 5 nitrogen and oxygen atoms in total. The lowest BCUT2D eigenvalue weighted by atomic mass is 10.1. The number of nitrogens with zero attached hydrogens (tertiary/aromatic N) is 2. The number of benzene rings is 1. The minimum absolute atomic E-state index is 0.0210. The third-order valence-corrected chi connectivity index (χ3v) is 3.01. The van der Waals surface area contributed by atoms with Gasteiger partial charge in [-0.3, -0.25) is 0 Å². The van der Waals surface area contributed by atoms with Gasteiger partial charge in [0.15, 0.2) is 0 Å². The quantitative estimate of drug-likeness (QED) is 0.877. The van der Waals surface area contributed by atoms with Crippen LogP contribution in [0.1, 0.15) is 29.1 Å². The van der Waals surface area contributed by atoms with E-state index in [0.29, 0.717) is 10.8 Å². The van der Waals surface area contributed by atoms with Crippen molar-refractivity contribution in [1.29, 1.82) is 0 Å². The Bertz CT molecular complexity index is 602. The summed E-state index contributed by atoms with van der Waals surface area (Å²) in [6.07, 6.45) is 1.51. The molecule has 0 aliphatic heterocycles. The summed E-state index contributed by atoms with van der Waals surface area (Å²) < 4.78 is 4.59. The average molecular weight is 292 g/mol. The van der Waals surface area contributed by atoms with Crippen molar-refractivity contribution in [3.8, 4) is 0 Å². The van der Waals surface area contributed by atoms with E-state index in [0.717, 1.165) is 5.56 Å². The molecule has 0 bridgehead atoms. The lowest BCUT2D eigenvalue weighted by Gasteiger charge is -2.15. The molecular formula is C14H14ClN3O2. The van der Waals surface area contributed by atoms with Gasteiger partial charge in [-0.15, -0.1) is 0 Å². The number of anilines is 1. The third kappa shape index (κ3) is 3.45. The molecule has 1 heterocycles. The van der Waals surface area contributed by atoms with Gasteiger partial charge in [0.25, 0.3) is 0 Å². The number of hydrogen-bond donors (Lipinski definition) is 1. The summed E-state index contributed by atoms with van der Waals surface area (Å²) in [5.74, 6) is 0.0245. The van der Waals surface area contributed by atoms with Gasteiger partial charge in [0.2, 0.25) is 5.82 Å². The lowest BCUT2D eigenvalue weighted by Crippen LogP contribution is -2.12. The van der Waals surface area contributed by atoms with Crippen molar-refractivity contribution in [2.24, 2.45) is 0 Å². The predicted molar refractivity (Wildman–Crippen MR) is 76.9 cm³/mol. The Morgan fingerprint density at radius 1 is 1.30 bits per heavy atom. The monoisotopic (exact) mass is 291 g/mol. The van der Waals surface area contributed by atoms with Crippen LogP contribution in [0.3, 0.4) is 0 Å². The summed E-state index contributed by atoms with van der Waals surface area (Å²) in [5, 5.41) is 3.89. The normalized spacial score (nSPS) is 11.8. The van der Waals surface area contributed by atoms with Crippen molar-refractivity contribution in [2.45, 2.75) is 13.0 Å². The van der Waals surface area contributed by atoms with Crippen LogP contribution in [-0.2, 0) is 4.74 Å². The van der Waals surface area contributed by atoms with Crippen LogP contribution in [0.4, 0.5) is 5.82 Å². The first-order valence-electron chi connectivity index (χ1n) is 6.03. The number of halogens is 1. The smallest absolute Gasteiger partial charge is 0.376 e. The highest BCUT2D eigenvalue weighted by atomic mass is 35.5. The second kappa shape index (κ2) is 6.34. The second-order valence-electron chi connectivity index (χ2n) is 4.17. The molecule has 2 aromatic rings. The first-order valence-corrected chi connectivity index (χ1v) is 6.41. The molecule has 0 fully saturated rings. The van der Waals surface area contributed by atoms with Crippen molar-refractivity contribution >= 4 is 23.4 Å². The van der Waals surface area contributed by atoms with Crippen LogP contribution in [0, 0.1) is 0 Å². The van der Waals surface area contributed by atoms with E-state index in [2.05, 4.69) is 20.0 Å². The minimum atomic E-state index is -0.562. The Morgan fingerprint density at radius 2 is 2.00 bits per heavy atom. The number of aromatic nitrogens is 2. The molecule has 20 heavy (non-hydrogen) atoms. The van der Waals surface area contributed by atoms with Gasteiger partial charge < -0.3 is 10.1 Å². The van der Waals surface area contributed by atoms with Crippen molar-refractivity contribution in [3.63, 3.8) is 0 Å². The van der Waals surface area contributed by atoms with Crippen LogP contribution >= 0.6 is 11.6 Å². The fourth-order valence-electron chi connectivity index (χ4n) is 1.69. The van der Waals surface area contributed by atoms with Crippen LogP contribution in [-0.4, -0.2) is 23.0 Å². The van der Waals surface area contributed by atoms with E-state index in [-0.39, 0.29) is 11.9 Å². The van der Waals surface area contributed by atoms with Crippen LogP contribution in [0.25, 0.3) is 0 Å². The van der Waals surface area contributed by atoms with E-state index in [9.17, 15) is 4.79 Å². The van der Waals surface area contributed by atoms with Gasteiger partial charge in [-0.2, -0.15) is 0 Å². The largest absolute Gasteiger partial charge is 0.463 e. The Labute approximate surface area is 122 Å². The summed E-state index contributed by atoms with van der Waals surface area (Å²) in [4.78, 5) is 19.3. The molecule has 0 spiro atoms. The van der Waals surface area contributed by atoms with Gasteiger partial charge in [-0.05, 0) is 30.7 Å². The number of ether oxygens (including phenoxy) is 1. The van der Waals surface area contributed by atoms with Gasteiger partial charge in [0.05, 0.1) is 7.11 Å². The summed E-state index contributed by atoms with van der Waals surface area (Å²) >= 11 is 5.86. The van der Waals surface area contributed by atoms with Crippen LogP contribution in [0.2, 0.25) is 5.02 Å². The van der Waals surface area contributed by atoms with Crippen LogP contribution in [0.5, 0.6) is 0 Å². The second-order valence-corrected chi connectivity index (χ2v) is 4.61. The molecule has 104 valence electrons. The molecule has 1 atom stereocenters. The van der Waals surface area contributed by atoms with E-state index in [1.54, 1.807) is 6.07 Å². The SMILES string of the molecule is COC(=O)c1nccc(NC(C)c2ccc(Cl)cc2)n1. The number of nitrogens with one attached hydrogen (secondary N) is 1. The maximum Gasteiger partial charge on any atom is 0.376 e. The molecule has 0 saturated heterocycles. The summed E-state index contributed by atoms with van der Waals surface area (Å²) in [6, 6.07) is 9.24. The maximum absolute atomic E-state index is 11.4. The highest BCUT2D eigenvalue weighted by Crippen LogP contribution is 2.19. The zero-order chi connectivity index (χ0) is 14.5. The first-order chi connectivity index (χ1) is 9.60. The topological polar surface area (TPSA) is 64.1 Å². The molecule has 0 aliphatic carbocycles. The molecule has 1 aromatic heterocycles. The highest BCUT2D eigenvalue weighted by Gasteiger charge is 2.11. The van der Waals surface area contributed by atoms with Crippen molar-refractivity contribution in [1.82, 2.24) is 9.97 Å². The lowest BCUT2D eigenvalue weighted by molar-refractivity contribution is 0.0587. The van der Waals surface area contributed by atoms with E-state index in [4.69, 9.17) is 11.6 Å². The number of rotatable bonds is 4. The highest BCUT2D eigenvalue weighted by molar-refractivity contribution is 6.30. The van der Waals surface area contributed by atoms with Gasteiger partial charge in [0, 0.05) is 17.3 Å². The van der Waals surface area contributed by atoms with Crippen molar-refractivity contribution < 1.29 is 9.53 Å². The Morgan fingerprint density at radius 3 is 2.65 bits per heavy atom. The summed E-state index contributed by atoms with van der Waals surface area (Å²) in [7, 11) is 1.29. The Balaban J connectivity index is 2.13. The molecule has 0 radical (unpaired) electrons. The zero-order valence-electron chi connectivity index (χ0n) is 11.1. The number of esters is 1. The number of carbonyl (C=O) groups is 1. The molecule has 1 unspecified atom stereocenters. The number of hydrogen-bond acceptors (Lipinski definition) is 5. The molecular weight excluding hydrogens is 278 g/mol. The summed E-state index contributed by atoms with van der Waals surface area (Å²) in [5.41, 5.74) is 1.06. The van der Waals surface area contributed by atoms with Crippen LogP contribution < -0.4 is 5.32 Å². The van der Waals surface area contributed by atoms with Crippen molar-refractivity contribution in [3.05, 3.63) is 52.9 Å². The molecule has 0 saturated carbocycles. The van der Waals surface area contributed by atoms with E-state index >= 15 is 0 Å². The molecule has 1 N–H and O–H groups in total. The van der Waals surface area contributed by atoms with Gasteiger partial charge >= 0.3 is 5.97 Å². The maximum atomic E-state index is 11.4. The average Bonchev–Trinajstić information content (AvgIpc) is 2.47. The van der Waals surface area contributed by atoms with Gasteiger partial charge in [-0.25, -0.2) is 14.8 Å². The van der Waals surface area contributed by atoms with E-state index < -0.39 is 5.97 Å². The van der Waals surface area contributed by atoms with E-state index in [1.807, 2.05) is 31.2 Å². The first kappa shape index (κ1) is 14.3. The fourth-order valence-corrected chi connectivity index (χ4v) is 1.81. The molecule has 0 amide bonds. The standard InChI is InChI=1S/C14H14ClN3O2/c1-9(10-3-5-11(15)6-4-10)17-12-7-8-16-13(18-12)14(19)20-2/h3-9H,1-2H3,(H,16,17,18). The number of methoxy groups -OCH3 is 1. The fraction of sp³-hybridized carbons (Fsp3) is 0.214. The molecule has 1 aromatic carbocycles. The third-order valence-electron chi connectivity index (χ3n) is 2.76. The molecule has 6 heteroatoms. The zero-order valence-corrected chi connectivity index (χ0v) is 11.9. The Hall–Kier alpha value is -2.14. The molecule has 0 aliphatic rings. The summed E-state index contributed by atoms with van der Waals surface area (Å²) in [6.45, 7) is 1.99. The molecule has 2 rings (SSSR count). The Kier molecular flexibility index (Phi) is 4.53. The van der Waals surface area contributed by atoms with Gasteiger partial charge in [-0.1, -0.05) is 23.7 Å². The van der Waals surface area contributed by atoms with E-state index in [1.165, 1.54) is 13.3 Å². The van der Waals surface area contributed by atoms with Crippen molar-refractivity contribution in [2.75, 3.05) is 12.4 Å². The predicted octanol–water partition coefficient (Wildman–Crippen LogP) is 3.09.